The molecule has 0 saturated carbocycles. The molecule has 1 aromatic heterocycles. The molecule has 1 saturated heterocycles. The predicted octanol–water partition coefficient (Wildman–Crippen LogP) is -0.911. The number of piperidine rings is 1. The molecule has 26 heavy (non-hydrogen) atoms. The minimum Gasteiger partial charge on any atom is -0.459 e. The van der Waals surface area contributed by atoms with Gasteiger partial charge in [-0.1, -0.05) is 0 Å². The van der Waals surface area contributed by atoms with Crippen molar-refractivity contribution in [2.24, 2.45) is 0 Å². The van der Waals surface area contributed by atoms with E-state index in [9.17, 15) is 14.4 Å². The SMILES string of the molecule is C[C@@H]1CCCC[NH+]1CCCNC(=O)CNC(=O)CNC(=O)c1ccco1. The number of carbonyl (C=O) groups excluding carboxylic acids is 3. The molecule has 144 valence electrons. The number of nitrogens with one attached hydrogen (secondary N) is 4. The van der Waals surface area contributed by atoms with E-state index < -0.39 is 11.8 Å². The van der Waals surface area contributed by atoms with Crippen molar-refractivity contribution >= 4 is 17.7 Å². The minimum absolute atomic E-state index is 0.0948. The van der Waals surface area contributed by atoms with E-state index in [1.165, 1.54) is 38.1 Å². The van der Waals surface area contributed by atoms with Gasteiger partial charge in [0.2, 0.25) is 11.8 Å². The molecule has 1 aromatic rings. The van der Waals surface area contributed by atoms with Crippen LogP contribution in [0.15, 0.2) is 22.8 Å². The molecular weight excluding hydrogens is 336 g/mol. The molecule has 0 spiro atoms. The highest BCUT2D eigenvalue weighted by atomic mass is 16.3. The monoisotopic (exact) mass is 365 g/mol. The van der Waals surface area contributed by atoms with Crippen molar-refractivity contribution in [3.05, 3.63) is 24.2 Å². The lowest BCUT2D eigenvalue weighted by molar-refractivity contribution is -0.928. The van der Waals surface area contributed by atoms with Gasteiger partial charge in [0.05, 0.1) is 38.5 Å². The Balaban J connectivity index is 1.51. The number of quaternary nitrogens is 1. The molecule has 0 aromatic carbocycles. The Morgan fingerprint density at radius 3 is 2.65 bits per heavy atom. The van der Waals surface area contributed by atoms with E-state index in [4.69, 9.17) is 4.42 Å². The number of hydrogen-bond donors (Lipinski definition) is 4. The Kier molecular flexibility index (Phi) is 8.14. The third-order valence-electron chi connectivity index (χ3n) is 4.68. The highest BCUT2D eigenvalue weighted by Crippen LogP contribution is 2.01. The zero-order valence-corrected chi connectivity index (χ0v) is 15.3. The second kappa shape index (κ2) is 10.6. The van der Waals surface area contributed by atoms with Gasteiger partial charge in [0.15, 0.2) is 5.76 Å². The maximum Gasteiger partial charge on any atom is 0.287 e. The Hall–Kier alpha value is -2.35. The molecule has 8 heteroatoms. The van der Waals surface area contributed by atoms with E-state index in [0.717, 1.165) is 13.0 Å². The standard InChI is InChI=1S/C18H28N4O4/c1-14-6-2-3-9-22(14)10-5-8-19-16(23)12-20-17(24)13-21-18(25)15-7-4-11-26-15/h4,7,11,14H,2-3,5-6,8-10,12-13H2,1H3,(H,19,23)(H,20,24)(H,21,25)/p+1/t14-/m1/s1. The van der Waals surface area contributed by atoms with Crippen molar-refractivity contribution in [1.29, 1.82) is 0 Å². The predicted molar refractivity (Wildman–Crippen MR) is 95.7 cm³/mol. The van der Waals surface area contributed by atoms with Crippen LogP contribution in [0, 0.1) is 0 Å². The molecule has 2 heterocycles. The zero-order valence-electron chi connectivity index (χ0n) is 15.3. The minimum atomic E-state index is -0.468. The van der Waals surface area contributed by atoms with Gasteiger partial charge in [-0.3, -0.25) is 14.4 Å². The molecule has 8 nitrogen and oxygen atoms in total. The number of likely N-dealkylation sites (tertiary alicyclic amines) is 1. The van der Waals surface area contributed by atoms with Crippen molar-refractivity contribution in [2.45, 2.75) is 38.6 Å². The van der Waals surface area contributed by atoms with Crippen LogP contribution in [0.3, 0.4) is 0 Å². The van der Waals surface area contributed by atoms with Gasteiger partial charge in [-0.2, -0.15) is 0 Å². The molecule has 1 fully saturated rings. The van der Waals surface area contributed by atoms with E-state index >= 15 is 0 Å². The first-order chi connectivity index (χ1) is 12.6. The molecule has 1 unspecified atom stereocenters. The number of furan rings is 1. The third-order valence-corrected chi connectivity index (χ3v) is 4.68. The number of carbonyl (C=O) groups is 3. The van der Waals surface area contributed by atoms with Crippen LogP contribution in [0.25, 0.3) is 0 Å². The summed E-state index contributed by atoms with van der Waals surface area (Å²) in [7, 11) is 0. The third kappa shape index (κ3) is 6.87. The molecule has 2 atom stereocenters. The maximum absolute atomic E-state index is 11.8. The fourth-order valence-electron chi connectivity index (χ4n) is 3.13. The summed E-state index contributed by atoms with van der Waals surface area (Å²) in [6.45, 7) is 4.88. The molecule has 1 aliphatic heterocycles. The van der Waals surface area contributed by atoms with Gasteiger partial charge < -0.3 is 25.3 Å². The van der Waals surface area contributed by atoms with E-state index in [-0.39, 0.29) is 24.8 Å². The zero-order chi connectivity index (χ0) is 18.8. The molecule has 0 bridgehead atoms. The van der Waals surface area contributed by atoms with E-state index in [1.807, 2.05) is 0 Å². The number of amides is 3. The Bertz CT molecular complexity index is 588. The number of rotatable bonds is 9. The summed E-state index contributed by atoms with van der Waals surface area (Å²) in [5.74, 6) is -0.978. The first-order valence-corrected chi connectivity index (χ1v) is 9.26. The smallest absolute Gasteiger partial charge is 0.287 e. The summed E-state index contributed by atoms with van der Waals surface area (Å²) in [5.41, 5.74) is 0. The summed E-state index contributed by atoms with van der Waals surface area (Å²) in [4.78, 5) is 36.6. The first-order valence-electron chi connectivity index (χ1n) is 9.26. The lowest BCUT2D eigenvalue weighted by Crippen LogP contribution is -3.16. The summed E-state index contributed by atoms with van der Waals surface area (Å²) in [5, 5.41) is 7.71. The normalized spacial score (nSPS) is 19.6. The highest BCUT2D eigenvalue weighted by Gasteiger charge is 2.20. The second-order valence-corrected chi connectivity index (χ2v) is 6.70. The topological polar surface area (TPSA) is 105 Å². The summed E-state index contributed by atoms with van der Waals surface area (Å²) >= 11 is 0. The van der Waals surface area contributed by atoms with Crippen LogP contribution in [0.5, 0.6) is 0 Å². The van der Waals surface area contributed by atoms with E-state index in [2.05, 4.69) is 22.9 Å². The quantitative estimate of drug-likeness (QED) is 0.425. The fraction of sp³-hybridized carbons (Fsp3) is 0.611. The van der Waals surface area contributed by atoms with Crippen molar-refractivity contribution in [3.8, 4) is 0 Å². The van der Waals surface area contributed by atoms with Crippen LogP contribution in [0.2, 0.25) is 0 Å². The molecule has 0 aliphatic carbocycles. The van der Waals surface area contributed by atoms with E-state index in [1.54, 1.807) is 11.0 Å². The Morgan fingerprint density at radius 1 is 1.15 bits per heavy atom. The van der Waals surface area contributed by atoms with Crippen LogP contribution in [0.1, 0.15) is 43.2 Å². The van der Waals surface area contributed by atoms with Crippen LogP contribution in [-0.4, -0.2) is 56.5 Å². The van der Waals surface area contributed by atoms with Crippen molar-refractivity contribution < 1.29 is 23.7 Å². The second-order valence-electron chi connectivity index (χ2n) is 6.70. The summed E-state index contributed by atoms with van der Waals surface area (Å²) in [6.07, 6.45) is 6.20. The average Bonchev–Trinajstić information content (AvgIpc) is 3.17. The molecule has 0 radical (unpaired) electrons. The van der Waals surface area contributed by atoms with Crippen LogP contribution in [-0.2, 0) is 9.59 Å². The van der Waals surface area contributed by atoms with Crippen molar-refractivity contribution in [3.63, 3.8) is 0 Å². The largest absolute Gasteiger partial charge is 0.459 e. The molecule has 2 rings (SSSR count). The van der Waals surface area contributed by atoms with Crippen LogP contribution < -0.4 is 20.9 Å². The number of hydrogen-bond acceptors (Lipinski definition) is 4. The van der Waals surface area contributed by atoms with Crippen LogP contribution in [0.4, 0.5) is 0 Å². The Labute approximate surface area is 153 Å². The van der Waals surface area contributed by atoms with Crippen molar-refractivity contribution in [2.75, 3.05) is 32.7 Å². The van der Waals surface area contributed by atoms with E-state index in [0.29, 0.717) is 12.6 Å². The Morgan fingerprint density at radius 2 is 1.92 bits per heavy atom. The van der Waals surface area contributed by atoms with Gasteiger partial charge in [-0.25, -0.2) is 0 Å². The average molecular weight is 365 g/mol. The van der Waals surface area contributed by atoms with Gasteiger partial charge in [-0.05, 0) is 38.3 Å². The van der Waals surface area contributed by atoms with Gasteiger partial charge in [-0.15, -0.1) is 0 Å². The summed E-state index contributed by atoms with van der Waals surface area (Å²) in [6, 6.07) is 3.80. The highest BCUT2D eigenvalue weighted by molar-refractivity contribution is 5.94. The summed E-state index contributed by atoms with van der Waals surface area (Å²) < 4.78 is 4.92. The lowest BCUT2D eigenvalue weighted by Gasteiger charge is -2.30. The molecule has 4 N–H and O–H groups in total. The van der Waals surface area contributed by atoms with Gasteiger partial charge in [0, 0.05) is 13.0 Å². The van der Waals surface area contributed by atoms with Gasteiger partial charge in [0.1, 0.15) is 0 Å². The lowest BCUT2D eigenvalue weighted by atomic mass is 10.0. The van der Waals surface area contributed by atoms with Gasteiger partial charge >= 0.3 is 0 Å². The van der Waals surface area contributed by atoms with Crippen molar-refractivity contribution in [1.82, 2.24) is 16.0 Å². The van der Waals surface area contributed by atoms with Crippen LogP contribution >= 0.6 is 0 Å². The van der Waals surface area contributed by atoms with Gasteiger partial charge in [0.25, 0.3) is 5.91 Å². The molecule has 3 amide bonds. The fourth-order valence-corrected chi connectivity index (χ4v) is 3.13. The maximum atomic E-state index is 11.8. The first kappa shape index (κ1) is 20.0. The molecular formula is C18H29N4O4+. The molecule has 1 aliphatic rings.